The van der Waals surface area contributed by atoms with Gasteiger partial charge in [-0.05, 0) is 32.2 Å². The van der Waals surface area contributed by atoms with Crippen LogP contribution in [0.3, 0.4) is 0 Å². The molecule has 2 aliphatic rings. The molecule has 0 aromatic heterocycles. The van der Waals surface area contributed by atoms with E-state index in [9.17, 15) is 5.11 Å². The Morgan fingerprint density at radius 3 is 2.69 bits per heavy atom. The van der Waals surface area contributed by atoms with Crippen LogP contribution in [0.25, 0.3) is 0 Å². The molecule has 2 heterocycles. The fourth-order valence-corrected chi connectivity index (χ4v) is 2.60. The summed E-state index contributed by atoms with van der Waals surface area (Å²) < 4.78 is 5.35. The molecule has 2 N–H and O–H groups in total. The normalized spacial score (nSPS) is 33.5. The number of ether oxygens (including phenoxy) is 1. The average molecular weight is 185 g/mol. The molecule has 0 saturated carbocycles. The van der Waals surface area contributed by atoms with Gasteiger partial charge in [-0.25, -0.2) is 0 Å². The summed E-state index contributed by atoms with van der Waals surface area (Å²) >= 11 is 0. The SMILES string of the molecule is OCC1(C2CCCN2)CCOCC1. The van der Waals surface area contributed by atoms with Gasteiger partial charge in [-0.1, -0.05) is 0 Å². The quantitative estimate of drug-likeness (QED) is 0.659. The van der Waals surface area contributed by atoms with Gasteiger partial charge in [-0.15, -0.1) is 0 Å². The van der Waals surface area contributed by atoms with Gasteiger partial charge < -0.3 is 15.2 Å². The number of aliphatic hydroxyl groups excluding tert-OH is 1. The van der Waals surface area contributed by atoms with E-state index in [0.29, 0.717) is 12.6 Å². The number of nitrogens with one attached hydrogen (secondary N) is 1. The summed E-state index contributed by atoms with van der Waals surface area (Å²) in [7, 11) is 0. The molecular formula is C10H19NO2. The molecule has 0 aliphatic carbocycles. The molecule has 1 atom stereocenters. The molecule has 3 nitrogen and oxygen atoms in total. The van der Waals surface area contributed by atoms with Gasteiger partial charge in [0.1, 0.15) is 0 Å². The van der Waals surface area contributed by atoms with E-state index in [-0.39, 0.29) is 5.41 Å². The molecule has 76 valence electrons. The highest BCUT2D eigenvalue weighted by Gasteiger charge is 2.40. The number of aliphatic hydroxyl groups is 1. The molecule has 2 rings (SSSR count). The fraction of sp³-hybridized carbons (Fsp3) is 1.00. The summed E-state index contributed by atoms with van der Waals surface area (Å²) in [6.45, 7) is 3.07. The second-order valence-corrected chi connectivity index (χ2v) is 4.28. The lowest BCUT2D eigenvalue weighted by molar-refractivity contribution is -0.0338. The second kappa shape index (κ2) is 3.95. The van der Waals surface area contributed by atoms with E-state index in [1.165, 1.54) is 12.8 Å². The highest BCUT2D eigenvalue weighted by Crippen LogP contribution is 2.37. The van der Waals surface area contributed by atoms with Crippen molar-refractivity contribution in [3.8, 4) is 0 Å². The van der Waals surface area contributed by atoms with Crippen molar-refractivity contribution in [3.05, 3.63) is 0 Å². The van der Waals surface area contributed by atoms with Crippen LogP contribution in [0.2, 0.25) is 0 Å². The zero-order valence-corrected chi connectivity index (χ0v) is 8.09. The smallest absolute Gasteiger partial charge is 0.0504 e. The molecule has 0 aromatic carbocycles. The van der Waals surface area contributed by atoms with E-state index in [0.717, 1.165) is 32.6 Å². The largest absolute Gasteiger partial charge is 0.396 e. The van der Waals surface area contributed by atoms with Crippen LogP contribution in [0.15, 0.2) is 0 Å². The molecule has 2 aliphatic heterocycles. The highest BCUT2D eigenvalue weighted by molar-refractivity contribution is 4.94. The maximum atomic E-state index is 9.51. The van der Waals surface area contributed by atoms with Crippen LogP contribution in [-0.4, -0.2) is 37.5 Å². The predicted octanol–water partition coefficient (Wildman–Crippen LogP) is 0.527. The molecule has 2 saturated heterocycles. The molecule has 0 spiro atoms. The Morgan fingerprint density at radius 2 is 2.15 bits per heavy atom. The summed E-state index contributed by atoms with van der Waals surface area (Å²) in [5.74, 6) is 0. The Morgan fingerprint density at radius 1 is 1.38 bits per heavy atom. The van der Waals surface area contributed by atoms with Crippen LogP contribution in [0, 0.1) is 5.41 Å². The van der Waals surface area contributed by atoms with E-state index >= 15 is 0 Å². The van der Waals surface area contributed by atoms with E-state index in [4.69, 9.17) is 4.74 Å². The van der Waals surface area contributed by atoms with Gasteiger partial charge >= 0.3 is 0 Å². The minimum Gasteiger partial charge on any atom is -0.396 e. The van der Waals surface area contributed by atoms with E-state index in [1.807, 2.05) is 0 Å². The minimum absolute atomic E-state index is 0.120. The van der Waals surface area contributed by atoms with Crippen molar-refractivity contribution in [2.24, 2.45) is 5.41 Å². The standard InChI is InChI=1S/C10H19NO2/c12-8-10(3-6-13-7-4-10)9-2-1-5-11-9/h9,11-12H,1-8H2. The fourth-order valence-electron chi connectivity index (χ4n) is 2.60. The van der Waals surface area contributed by atoms with Crippen LogP contribution in [0.4, 0.5) is 0 Å². The van der Waals surface area contributed by atoms with Gasteiger partial charge in [0.05, 0.1) is 6.61 Å². The predicted molar refractivity (Wildman–Crippen MR) is 50.6 cm³/mol. The topological polar surface area (TPSA) is 41.5 Å². The first-order chi connectivity index (χ1) is 6.37. The van der Waals surface area contributed by atoms with Crippen molar-refractivity contribution in [3.63, 3.8) is 0 Å². The first-order valence-electron chi connectivity index (χ1n) is 5.29. The molecule has 2 fully saturated rings. The Balaban J connectivity index is 2.03. The Labute approximate surface area is 79.5 Å². The number of rotatable bonds is 2. The molecule has 0 amide bonds. The second-order valence-electron chi connectivity index (χ2n) is 4.28. The third-order valence-electron chi connectivity index (χ3n) is 3.60. The molecule has 3 heteroatoms. The van der Waals surface area contributed by atoms with Gasteiger partial charge in [0.2, 0.25) is 0 Å². The lowest BCUT2D eigenvalue weighted by Gasteiger charge is -2.40. The first kappa shape index (κ1) is 9.44. The van der Waals surface area contributed by atoms with Gasteiger partial charge in [-0.2, -0.15) is 0 Å². The highest BCUT2D eigenvalue weighted by atomic mass is 16.5. The van der Waals surface area contributed by atoms with Gasteiger partial charge in [0, 0.05) is 24.7 Å². The van der Waals surface area contributed by atoms with E-state index < -0.39 is 0 Å². The van der Waals surface area contributed by atoms with Crippen molar-refractivity contribution in [1.82, 2.24) is 5.32 Å². The van der Waals surface area contributed by atoms with Crippen LogP contribution >= 0.6 is 0 Å². The van der Waals surface area contributed by atoms with Gasteiger partial charge in [0.15, 0.2) is 0 Å². The summed E-state index contributed by atoms with van der Waals surface area (Å²) in [6, 6.07) is 0.529. The maximum Gasteiger partial charge on any atom is 0.0504 e. The molecule has 0 radical (unpaired) electrons. The molecule has 0 aromatic rings. The number of hydrogen-bond acceptors (Lipinski definition) is 3. The monoisotopic (exact) mass is 185 g/mol. The molecule has 1 unspecified atom stereocenters. The first-order valence-corrected chi connectivity index (χ1v) is 5.29. The van der Waals surface area contributed by atoms with Crippen molar-refractivity contribution >= 4 is 0 Å². The summed E-state index contributed by atoms with van der Waals surface area (Å²) in [5, 5.41) is 13.0. The van der Waals surface area contributed by atoms with Crippen LogP contribution in [0.1, 0.15) is 25.7 Å². The maximum absolute atomic E-state index is 9.51. The van der Waals surface area contributed by atoms with Crippen LogP contribution in [0.5, 0.6) is 0 Å². The Bertz CT molecular complexity index is 160. The van der Waals surface area contributed by atoms with Gasteiger partial charge in [-0.3, -0.25) is 0 Å². The zero-order chi connectivity index (χ0) is 9.15. The summed E-state index contributed by atoms with van der Waals surface area (Å²) in [6.07, 6.45) is 4.51. The number of hydrogen-bond donors (Lipinski definition) is 2. The summed E-state index contributed by atoms with van der Waals surface area (Å²) in [4.78, 5) is 0. The Kier molecular flexibility index (Phi) is 2.86. The van der Waals surface area contributed by atoms with E-state index in [2.05, 4.69) is 5.32 Å². The van der Waals surface area contributed by atoms with Crippen molar-refractivity contribution in [2.45, 2.75) is 31.7 Å². The molecule has 13 heavy (non-hydrogen) atoms. The zero-order valence-electron chi connectivity index (χ0n) is 8.09. The third-order valence-corrected chi connectivity index (χ3v) is 3.60. The third kappa shape index (κ3) is 1.73. The molecular weight excluding hydrogens is 166 g/mol. The minimum atomic E-state index is 0.120. The van der Waals surface area contributed by atoms with Crippen molar-refractivity contribution < 1.29 is 9.84 Å². The lowest BCUT2D eigenvalue weighted by atomic mass is 9.74. The average Bonchev–Trinajstić information content (AvgIpc) is 2.72. The Hall–Kier alpha value is -0.120. The molecule has 0 bridgehead atoms. The van der Waals surface area contributed by atoms with Crippen LogP contribution in [-0.2, 0) is 4.74 Å². The van der Waals surface area contributed by atoms with Crippen LogP contribution < -0.4 is 5.32 Å². The summed E-state index contributed by atoms with van der Waals surface area (Å²) in [5.41, 5.74) is 0.120. The van der Waals surface area contributed by atoms with Gasteiger partial charge in [0.25, 0.3) is 0 Å². The van der Waals surface area contributed by atoms with E-state index in [1.54, 1.807) is 0 Å². The van der Waals surface area contributed by atoms with Crippen molar-refractivity contribution in [1.29, 1.82) is 0 Å². The lowest BCUT2D eigenvalue weighted by Crippen LogP contribution is -2.47. The van der Waals surface area contributed by atoms with Crippen molar-refractivity contribution in [2.75, 3.05) is 26.4 Å².